The number of hydrogen-bond donors (Lipinski definition) is 1. The van der Waals surface area contributed by atoms with Crippen LogP contribution in [0.4, 0.5) is 0 Å². The number of fused-ring (bicyclic) bond motifs is 1. The number of rotatable bonds is 2. The molecule has 0 radical (unpaired) electrons. The summed E-state index contributed by atoms with van der Waals surface area (Å²) < 4.78 is 0.907. The monoisotopic (exact) mass is 296 g/mol. The summed E-state index contributed by atoms with van der Waals surface area (Å²) in [6.07, 6.45) is 4.99. The van der Waals surface area contributed by atoms with Gasteiger partial charge in [-0.15, -0.1) is 11.3 Å². The van der Waals surface area contributed by atoms with Gasteiger partial charge in [0.1, 0.15) is 4.34 Å². The van der Waals surface area contributed by atoms with E-state index >= 15 is 0 Å². The lowest BCUT2D eigenvalue weighted by molar-refractivity contribution is 0.104. The Bertz CT molecular complexity index is 747. The molecule has 0 saturated carbocycles. The Morgan fingerprint density at radius 2 is 2.17 bits per heavy atom. The zero-order chi connectivity index (χ0) is 12.7. The number of H-pyrrole nitrogens is 1. The fraction of sp³-hybridized carbons (Fsp3) is 0. The van der Waals surface area contributed by atoms with E-state index in [2.05, 4.69) is 9.97 Å². The van der Waals surface area contributed by atoms with Gasteiger partial charge in [-0.2, -0.15) is 0 Å². The van der Waals surface area contributed by atoms with Crippen molar-refractivity contribution in [3.63, 3.8) is 0 Å². The van der Waals surface area contributed by atoms with E-state index in [9.17, 15) is 4.79 Å². The summed E-state index contributed by atoms with van der Waals surface area (Å²) >= 11 is 13.0. The zero-order valence-electron chi connectivity index (χ0n) is 8.91. The van der Waals surface area contributed by atoms with Gasteiger partial charge < -0.3 is 4.98 Å². The largest absolute Gasteiger partial charge is 0.360 e. The molecule has 3 aromatic heterocycles. The summed E-state index contributed by atoms with van der Waals surface area (Å²) in [5.74, 6) is -0.151. The molecule has 3 nitrogen and oxygen atoms in total. The van der Waals surface area contributed by atoms with Crippen molar-refractivity contribution in [2.45, 2.75) is 0 Å². The molecule has 1 N–H and O–H groups in total. The van der Waals surface area contributed by atoms with E-state index in [1.165, 1.54) is 11.3 Å². The van der Waals surface area contributed by atoms with E-state index in [0.717, 1.165) is 10.9 Å². The van der Waals surface area contributed by atoms with Gasteiger partial charge in [0, 0.05) is 35.1 Å². The van der Waals surface area contributed by atoms with Gasteiger partial charge in [-0.25, -0.2) is 0 Å². The van der Waals surface area contributed by atoms with Crippen molar-refractivity contribution >= 4 is 51.2 Å². The highest BCUT2D eigenvalue weighted by Gasteiger charge is 2.19. The molecule has 0 fully saturated rings. The first-order valence-electron chi connectivity index (χ1n) is 5.07. The number of carbonyl (C=O) groups is 1. The predicted octanol–water partition coefficient (Wildman–Crippen LogP) is 4.16. The molecule has 0 amide bonds. The maximum atomic E-state index is 12.4. The first-order chi connectivity index (χ1) is 8.66. The third-order valence-corrected chi connectivity index (χ3v) is 4.12. The fourth-order valence-corrected chi connectivity index (χ4v) is 3.25. The molecule has 0 aliphatic carbocycles. The normalized spacial score (nSPS) is 11.0. The van der Waals surface area contributed by atoms with Crippen LogP contribution in [-0.4, -0.2) is 15.8 Å². The number of aromatic nitrogens is 2. The molecular formula is C12H6Cl2N2OS. The molecule has 90 valence electrons. The Balaban J connectivity index is 2.15. The molecule has 6 heteroatoms. The number of carbonyl (C=O) groups excluding carboxylic acids is 1. The molecule has 18 heavy (non-hydrogen) atoms. The van der Waals surface area contributed by atoms with Crippen LogP contribution < -0.4 is 0 Å². The minimum Gasteiger partial charge on any atom is -0.360 e. The van der Waals surface area contributed by atoms with Crippen LogP contribution in [0.15, 0.2) is 30.7 Å². The van der Waals surface area contributed by atoms with Crippen LogP contribution in [0, 0.1) is 0 Å². The minimum atomic E-state index is -0.151. The number of thiophene rings is 1. The summed E-state index contributed by atoms with van der Waals surface area (Å²) in [6, 6.07) is 3.40. The van der Waals surface area contributed by atoms with Crippen molar-refractivity contribution in [2.24, 2.45) is 0 Å². The molecule has 3 heterocycles. The quantitative estimate of drug-likeness (QED) is 0.722. The molecule has 0 aliphatic heterocycles. The zero-order valence-corrected chi connectivity index (χ0v) is 11.2. The van der Waals surface area contributed by atoms with Crippen molar-refractivity contribution in [1.29, 1.82) is 0 Å². The number of hydrogen-bond acceptors (Lipinski definition) is 3. The molecule has 0 aliphatic rings. The Kier molecular flexibility index (Phi) is 2.86. The van der Waals surface area contributed by atoms with Gasteiger partial charge in [-0.1, -0.05) is 23.2 Å². The summed E-state index contributed by atoms with van der Waals surface area (Å²) in [5.41, 5.74) is 1.84. The lowest BCUT2D eigenvalue weighted by Gasteiger charge is -1.96. The van der Waals surface area contributed by atoms with Crippen LogP contribution in [0.2, 0.25) is 8.67 Å². The van der Waals surface area contributed by atoms with E-state index in [1.54, 1.807) is 24.7 Å². The van der Waals surface area contributed by atoms with Crippen LogP contribution in [0.5, 0.6) is 0 Å². The average molecular weight is 297 g/mol. The molecular weight excluding hydrogens is 291 g/mol. The molecule has 0 unspecified atom stereocenters. The Morgan fingerprint density at radius 1 is 1.33 bits per heavy atom. The third kappa shape index (κ3) is 1.82. The van der Waals surface area contributed by atoms with Gasteiger partial charge in [-0.05, 0) is 12.1 Å². The molecule has 0 saturated heterocycles. The lowest BCUT2D eigenvalue weighted by atomic mass is 10.1. The first kappa shape index (κ1) is 11.7. The van der Waals surface area contributed by atoms with Crippen LogP contribution in [0.25, 0.3) is 10.9 Å². The number of halogens is 2. The Morgan fingerprint density at radius 3 is 2.89 bits per heavy atom. The van der Waals surface area contributed by atoms with Crippen molar-refractivity contribution in [3.8, 4) is 0 Å². The van der Waals surface area contributed by atoms with E-state index in [0.29, 0.717) is 19.8 Å². The second-order valence-corrected chi connectivity index (χ2v) is 5.98. The molecule has 0 atom stereocenters. The number of aromatic amines is 1. The molecule has 3 rings (SSSR count). The van der Waals surface area contributed by atoms with Gasteiger partial charge >= 0.3 is 0 Å². The van der Waals surface area contributed by atoms with E-state index in [-0.39, 0.29) is 5.78 Å². The number of nitrogens with zero attached hydrogens (tertiary/aromatic N) is 1. The maximum Gasteiger partial charge on any atom is 0.197 e. The second-order valence-electron chi connectivity index (χ2n) is 3.69. The van der Waals surface area contributed by atoms with Crippen molar-refractivity contribution < 1.29 is 4.79 Å². The van der Waals surface area contributed by atoms with Crippen LogP contribution in [-0.2, 0) is 0 Å². The maximum absolute atomic E-state index is 12.4. The first-order valence-corrected chi connectivity index (χ1v) is 6.64. The Labute approximate surface area is 116 Å². The molecule has 0 bridgehead atoms. The summed E-state index contributed by atoms with van der Waals surface area (Å²) in [4.78, 5) is 19.4. The molecule has 3 aromatic rings. The van der Waals surface area contributed by atoms with Gasteiger partial charge in [0.05, 0.1) is 9.90 Å². The smallest absolute Gasteiger partial charge is 0.197 e. The van der Waals surface area contributed by atoms with Gasteiger partial charge in [0.25, 0.3) is 0 Å². The average Bonchev–Trinajstić information content (AvgIpc) is 2.92. The predicted molar refractivity (Wildman–Crippen MR) is 73.9 cm³/mol. The SMILES string of the molecule is O=C(c1cc(Cl)sc1Cl)c1c[nH]c2ccncc12. The topological polar surface area (TPSA) is 45.8 Å². The van der Waals surface area contributed by atoms with Gasteiger partial charge in [-0.3, -0.25) is 9.78 Å². The second kappa shape index (κ2) is 4.39. The molecule has 0 spiro atoms. The standard InChI is InChI=1S/C12H6Cl2N2OS/c13-10-3-6(12(14)18-10)11(17)8-5-16-9-1-2-15-4-7(8)9/h1-5,16H. The van der Waals surface area contributed by atoms with Gasteiger partial charge in [0.2, 0.25) is 0 Å². The van der Waals surface area contributed by atoms with E-state index in [4.69, 9.17) is 23.2 Å². The number of nitrogens with one attached hydrogen (secondary N) is 1. The van der Waals surface area contributed by atoms with Crippen molar-refractivity contribution in [2.75, 3.05) is 0 Å². The van der Waals surface area contributed by atoms with Crippen LogP contribution in [0.1, 0.15) is 15.9 Å². The highest BCUT2D eigenvalue weighted by molar-refractivity contribution is 7.20. The molecule has 0 aromatic carbocycles. The number of ketones is 1. The highest BCUT2D eigenvalue weighted by atomic mass is 35.5. The number of pyridine rings is 1. The summed E-state index contributed by atoms with van der Waals surface area (Å²) in [7, 11) is 0. The fourth-order valence-electron chi connectivity index (χ4n) is 1.79. The van der Waals surface area contributed by atoms with Crippen LogP contribution >= 0.6 is 34.5 Å². The van der Waals surface area contributed by atoms with Crippen molar-refractivity contribution in [3.05, 3.63) is 50.5 Å². The summed E-state index contributed by atoms with van der Waals surface area (Å²) in [6.45, 7) is 0. The van der Waals surface area contributed by atoms with E-state index in [1.807, 2.05) is 6.07 Å². The summed E-state index contributed by atoms with van der Waals surface area (Å²) in [5, 5.41) is 0.779. The van der Waals surface area contributed by atoms with Gasteiger partial charge in [0.15, 0.2) is 5.78 Å². The van der Waals surface area contributed by atoms with Crippen LogP contribution in [0.3, 0.4) is 0 Å². The lowest BCUT2D eigenvalue weighted by Crippen LogP contribution is -1.99. The Hall–Kier alpha value is -1.36. The van der Waals surface area contributed by atoms with E-state index < -0.39 is 0 Å². The van der Waals surface area contributed by atoms with Crippen molar-refractivity contribution in [1.82, 2.24) is 9.97 Å². The third-order valence-electron chi connectivity index (χ3n) is 2.63. The highest BCUT2D eigenvalue weighted by Crippen LogP contribution is 2.33. The minimum absolute atomic E-state index is 0.151.